The van der Waals surface area contributed by atoms with Gasteiger partial charge in [0.1, 0.15) is 0 Å². The Balaban J connectivity index is 1.76. The smallest absolute Gasteiger partial charge is 0.317 e. The molecule has 2 aliphatic rings. The lowest BCUT2D eigenvalue weighted by Gasteiger charge is -2.26. The Bertz CT molecular complexity index is 336. The topological polar surface area (TPSA) is 78.9 Å². The van der Waals surface area contributed by atoms with Crippen LogP contribution in [-0.4, -0.2) is 60.3 Å². The number of ether oxygens (including phenoxy) is 1. The van der Waals surface area contributed by atoms with Gasteiger partial charge in [-0.2, -0.15) is 0 Å². The third-order valence-electron chi connectivity index (χ3n) is 4.08. The Morgan fingerprint density at radius 2 is 1.90 bits per heavy atom. The van der Waals surface area contributed by atoms with Crippen LogP contribution < -0.4 is 5.32 Å². The first-order valence-corrected chi connectivity index (χ1v) is 7.49. The number of rotatable bonds is 7. The van der Waals surface area contributed by atoms with Crippen molar-refractivity contribution in [1.82, 2.24) is 10.2 Å². The normalized spacial score (nSPS) is 23.4. The van der Waals surface area contributed by atoms with Gasteiger partial charge in [0.2, 0.25) is 5.91 Å². The molecule has 2 fully saturated rings. The zero-order chi connectivity index (χ0) is 14.4. The Hall–Kier alpha value is -1.14. The molecular formula is C14H24N2O4. The summed E-state index contributed by atoms with van der Waals surface area (Å²) in [5.74, 6) is -0.975. The van der Waals surface area contributed by atoms with Crippen molar-refractivity contribution >= 4 is 11.9 Å². The number of nitrogens with one attached hydrogen (secondary N) is 1. The number of hydrogen-bond donors (Lipinski definition) is 2. The maximum absolute atomic E-state index is 11.9. The van der Waals surface area contributed by atoms with Gasteiger partial charge in [0, 0.05) is 19.2 Å². The number of nitrogens with zero attached hydrogens (tertiary/aromatic N) is 1. The van der Waals surface area contributed by atoms with Crippen molar-refractivity contribution < 1.29 is 19.4 Å². The van der Waals surface area contributed by atoms with Crippen LogP contribution >= 0.6 is 0 Å². The number of aliphatic carboxylic acids is 1. The van der Waals surface area contributed by atoms with Crippen LogP contribution in [0.1, 0.15) is 38.5 Å². The fraction of sp³-hybridized carbons (Fsp3) is 0.857. The summed E-state index contributed by atoms with van der Waals surface area (Å²) in [7, 11) is 0. The number of amides is 1. The van der Waals surface area contributed by atoms with Gasteiger partial charge in [-0.1, -0.05) is 12.8 Å². The van der Waals surface area contributed by atoms with Crippen LogP contribution in [0, 0.1) is 0 Å². The van der Waals surface area contributed by atoms with Gasteiger partial charge < -0.3 is 15.2 Å². The van der Waals surface area contributed by atoms with Gasteiger partial charge in [-0.15, -0.1) is 0 Å². The van der Waals surface area contributed by atoms with E-state index in [0.29, 0.717) is 6.54 Å². The molecule has 0 radical (unpaired) electrons. The van der Waals surface area contributed by atoms with E-state index in [-0.39, 0.29) is 31.1 Å². The third-order valence-corrected chi connectivity index (χ3v) is 4.08. The van der Waals surface area contributed by atoms with Crippen LogP contribution in [0.25, 0.3) is 0 Å². The average Bonchev–Trinajstić information content (AvgIpc) is 3.08. The molecule has 6 nitrogen and oxygen atoms in total. The quantitative estimate of drug-likeness (QED) is 0.716. The van der Waals surface area contributed by atoms with E-state index in [1.807, 2.05) is 0 Å². The molecule has 0 aromatic rings. The molecule has 1 saturated heterocycles. The Labute approximate surface area is 119 Å². The average molecular weight is 284 g/mol. The number of carbonyl (C=O) groups is 2. The Kier molecular flexibility index (Phi) is 5.79. The second-order valence-corrected chi connectivity index (χ2v) is 5.68. The van der Waals surface area contributed by atoms with Crippen LogP contribution in [0.15, 0.2) is 0 Å². The van der Waals surface area contributed by atoms with Gasteiger partial charge in [-0.3, -0.25) is 14.5 Å². The van der Waals surface area contributed by atoms with Crippen molar-refractivity contribution in [1.29, 1.82) is 0 Å². The second-order valence-electron chi connectivity index (χ2n) is 5.68. The summed E-state index contributed by atoms with van der Waals surface area (Å²) in [5, 5.41) is 11.8. The van der Waals surface area contributed by atoms with Crippen molar-refractivity contribution in [3.05, 3.63) is 0 Å². The monoisotopic (exact) mass is 284 g/mol. The number of carbonyl (C=O) groups excluding carboxylic acids is 1. The lowest BCUT2D eigenvalue weighted by atomic mass is 10.2. The van der Waals surface area contributed by atoms with Crippen molar-refractivity contribution in [2.24, 2.45) is 0 Å². The van der Waals surface area contributed by atoms with Gasteiger partial charge in [0.15, 0.2) is 0 Å². The van der Waals surface area contributed by atoms with Gasteiger partial charge in [-0.25, -0.2) is 0 Å². The van der Waals surface area contributed by atoms with Crippen molar-refractivity contribution in [2.45, 2.75) is 50.7 Å². The molecule has 1 atom stereocenters. The molecule has 0 aromatic carbocycles. The first-order valence-electron chi connectivity index (χ1n) is 7.49. The van der Waals surface area contributed by atoms with Gasteiger partial charge in [-0.05, 0) is 25.7 Å². The highest BCUT2D eigenvalue weighted by molar-refractivity contribution is 5.79. The highest BCUT2D eigenvalue weighted by atomic mass is 16.5. The van der Waals surface area contributed by atoms with E-state index in [2.05, 4.69) is 5.32 Å². The molecule has 6 heteroatoms. The van der Waals surface area contributed by atoms with Crippen LogP contribution in [0.5, 0.6) is 0 Å². The third kappa shape index (κ3) is 4.76. The molecule has 1 aliphatic carbocycles. The van der Waals surface area contributed by atoms with E-state index in [4.69, 9.17) is 9.84 Å². The summed E-state index contributed by atoms with van der Waals surface area (Å²) in [4.78, 5) is 24.7. The molecule has 1 amide bonds. The predicted molar refractivity (Wildman–Crippen MR) is 73.4 cm³/mol. The zero-order valence-corrected chi connectivity index (χ0v) is 11.8. The van der Waals surface area contributed by atoms with Crippen molar-refractivity contribution in [3.8, 4) is 0 Å². The second kappa shape index (κ2) is 7.59. The number of carboxylic acid groups (broad SMARTS) is 1. The molecule has 1 aliphatic heterocycles. The van der Waals surface area contributed by atoms with E-state index in [9.17, 15) is 9.59 Å². The lowest BCUT2D eigenvalue weighted by molar-refractivity contribution is -0.139. The molecule has 1 saturated carbocycles. The van der Waals surface area contributed by atoms with Crippen LogP contribution in [-0.2, 0) is 14.3 Å². The molecule has 0 aromatic heterocycles. The van der Waals surface area contributed by atoms with Gasteiger partial charge in [0.25, 0.3) is 0 Å². The first kappa shape index (κ1) is 15.3. The van der Waals surface area contributed by atoms with E-state index >= 15 is 0 Å². The molecule has 2 N–H and O–H groups in total. The molecule has 0 spiro atoms. The van der Waals surface area contributed by atoms with Gasteiger partial charge >= 0.3 is 5.97 Å². The zero-order valence-electron chi connectivity index (χ0n) is 11.8. The SMILES string of the molecule is O=C(O)CN(CC(=O)NCC1CCCO1)C1CCCC1. The van der Waals surface area contributed by atoms with E-state index in [1.54, 1.807) is 4.90 Å². The minimum atomic E-state index is -0.871. The van der Waals surface area contributed by atoms with Crippen LogP contribution in [0.2, 0.25) is 0 Å². The van der Waals surface area contributed by atoms with Crippen LogP contribution in [0.4, 0.5) is 0 Å². The van der Waals surface area contributed by atoms with Crippen molar-refractivity contribution in [2.75, 3.05) is 26.2 Å². The summed E-state index contributed by atoms with van der Waals surface area (Å²) in [6.07, 6.45) is 6.39. The molecular weight excluding hydrogens is 260 g/mol. The minimum Gasteiger partial charge on any atom is -0.480 e. The summed E-state index contributed by atoms with van der Waals surface area (Å²) in [6.45, 7) is 1.42. The fourth-order valence-electron chi connectivity index (χ4n) is 3.03. The maximum atomic E-state index is 11.9. The maximum Gasteiger partial charge on any atom is 0.317 e. The largest absolute Gasteiger partial charge is 0.480 e. The summed E-state index contributed by atoms with van der Waals surface area (Å²) >= 11 is 0. The van der Waals surface area contributed by atoms with E-state index < -0.39 is 5.97 Å². The highest BCUT2D eigenvalue weighted by Crippen LogP contribution is 2.23. The Morgan fingerprint density at radius 1 is 1.15 bits per heavy atom. The lowest BCUT2D eigenvalue weighted by Crippen LogP contribution is -2.45. The molecule has 1 unspecified atom stereocenters. The molecule has 2 rings (SSSR count). The number of hydrogen-bond acceptors (Lipinski definition) is 4. The summed E-state index contributed by atoms with van der Waals surface area (Å²) in [5.41, 5.74) is 0. The molecule has 20 heavy (non-hydrogen) atoms. The first-order chi connectivity index (χ1) is 9.65. The standard InChI is InChI=1S/C14H24N2O4/c17-13(15-8-12-6-3-7-20-12)9-16(10-14(18)19)11-4-1-2-5-11/h11-12H,1-10H2,(H,15,17)(H,18,19). The summed E-state index contributed by atoms with van der Waals surface area (Å²) in [6, 6.07) is 0.236. The molecule has 114 valence electrons. The summed E-state index contributed by atoms with van der Waals surface area (Å²) < 4.78 is 5.45. The number of carboxylic acids is 1. The van der Waals surface area contributed by atoms with Crippen LogP contribution in [0.3, 0.4) is 0 Å². The fourth-order valence-corrected chi connectivity index (χ4v) is 3.03. The van der Waals surface area contributed by atoms with E-state index in [1.165, 1.54) is 0 Å². The highest BCUT2D eigenvalue weighted by Gasteiger charge is 2.26. The Morgan fingerprint density at radius 3 is 2.50 bits per heavy atom. The van der Waals surface area contributed by atoms with Gasteiger partial charge in [0.05, 0.1) is 19.2 Å². The molecule has 1 heterocycles. The van der Waals surface area contributed by atoms with E-state index in [0.717, 1.165) is 45.1 Å². The predicted octanol–water partition coefficient (Wildman–Crippen LogP) is 0.611. The van der Waals surface area contributed by atoms with Crippen molar-refractivity contribution in [3.63, 3.8) is 0 Å². The minimum absolute atomic E-state index is 0.0575. The molecule has 0 bridgehead atoms.